The Morgan fingerprint density at radius 2 is 1.61 bits per heavy atom. The third kappa shape index (κ3) is 3.38. The summed E-state index contributed by atoms with van der Waals surface area (Å²) in [5.74, 6) is 0.849. The number of ether oxygens (including phenoxy) is 1. The lowest BCUT2D eigenvalue weighted by Gasteiger charge is -2.34. The van der Waals surface area contributed by atoms with Crippen LogP contribution in [0.5, 0.6) is 0 Å². The van der Waals surface area contributed by atoms with E-state index in [4.69, 9.17) is 14.9 Å². The van der Waals surface area contributed by atoms with Crippen molar-refractivity contribution in [2.45, 2.75) is 6.10 Å². The van der Waals surface area contributed by atoms with E-state index in [1.165, 1.54) is 0 Å². The molecule has 1 fully saturated rings. The fraction of sp³-hybridized carbons (Fsp3) is 0.0800. The Kier molecular flexibility index (Phi) is 4.96. The second-order valence-corrected chi connectivity index (χ2v) is 8.17. The summed E-state index contributed by atoms with van der Waals surface area (Å²) in [6.45, 7) is 0.369. The van der Waals surface area contributed by atoms with Crippen molar-refractivity contribution in [3.8, 4) is 22.5 Å². The Bertz CT molecular complexity index is 1350. The number of hydrogen-bond acceptors (Lipinski definition) is 4. The second-order valence-electron chi connectivity index (χ2n) is 7.31. The molecule has 3 aromatic carbocycles. The van der Waals surface area contributed by atoms with Gasteiger partial charge in [0.15, 0.2) is 5.58 Å². The van der Waals surface area contributed by atoms with Gasteiger partial charge in [0.25, 0.3) is 0 Å². The highest BCUT2D eigenvalue weighted by Crippen LogP contribution is 2.36. The van der Waals surface area contributed by atoms with Crippen LogP contribution >= 0.6 is 15.9 Å². The molecule has 1 unspecified atom stereocenters. The van der Waals surface area contributed by atoms with Crippen molar-refractivity contribution in [1.82, 2.24) is 0 Å². The summed E-state index contributed by atoms with van der Waals surface area (Å²) < 4.78 is 12.2. The molecule has 1 aliphatic rings. The van der Waals surface area contributed by atoms with Gasteiger partial charge in [0.1, 0.15) is 11.9 Å². The topological polar surface area (TPSA) is 82.5 Å². The first-order valence-corrected chi connectivity index (χ1v) is 10.5. The van der Waals surface area contributed by atoms with Crippen molar-refractivity contribution in [2.24, 2.45) is 5.73 Å². The molecule has 153 valence electrons. The molecule has 1 aromatic heterocycles. The molecular weight excluding hydrogens is 458 g/mol. The minimum Gasteiger partial charge on any atom is -0.454 e. The smallest absolute Gasteiger partial charge is 0.247 e. The molecule has 0 spiro atoms. The number of amides is 1. The lowest BCUT2D eigenvalue weighted by atomic mass is 9.88. The number of carbonyl (C=O) groups excluding carboxylic acids is 1. The molecule has 31 heavy (non-hydrogen) atoms. The van der Waals surface area contributed by atoms with Crippen LogP contribution in [0.25, 0.3) is 33.4 Å². The second kappa shape index (κ2) is 7.80. The number of fused-ring (bicyclic) bond motifs is 1. The molecule has 1 aliphatic heterocycles. The molecule has 1 amide bonds. The van der Waals surface area contributed by atoms with Gasteiger partial charge in [-0.15, -0.1) is 0 Å². The van der Waals surface area contributed by atoms with E-state index in [0.29, 0.717) is 28.9 Å². The summed E-state index contributed by atoms with van der Waals surface area (Å²) in [5.41, 5.74) is 8.68. The van der Waals surface area contributed by atoms with Crippen molar-refractivity contribution >= 4 is 32.8 Å². The van der Waals surface area contributed by atoms with Crippen LogP contribution in [0.15, 0.2) is 86.5 Å². The molecule has 1 atom stereocenters. The fourth-order valence-corrected chi connectivity index (χ4v) is 4.27. The van der Waals surface area contributed by atoms with Crippen LogP contribution in [0.2, 0.25) is 0 Å². The van der Waals surface area contributed by atoms with Gasteiger partial charge in [-0.25, -0.2) is 0 Å². The molecule has 6 heteroatoms. The molecule has 5 rings (SSSR count). The van der Waals surface area contributed by atoms with Crippen LogP contribution in [0.4, 0.5) is 0 Å². The predicted octanol–water partition coefficient (Wildman–Crippen LogP) is 4.70. The third-order valence-corrected chi connectivity index (χ3v) is 6.06. The van der Waals surface area contributed by atoms with Crippen LogP contribution in [0.1, 0.15) is 5.56 Å². The third-order valence-electron chi connectivity index (χ3n) is 5.43. The van der Waals surface area contributed by atoms with E-state index in [1.54, 1.807) is 6.07 Å². The van der Waals surface area contributed by atoms with Gasteiger partial charge in [-0.1, -0.05) is 60.7 Å². The Morgan fingerprint density at radius 1 is 0.903 bits per heavy atom. The number of benzene rings is 3. The normalized spacial score (nSPS) is 16.2. The first kappa shape index (κ1) is 19.7. The van der Waals surface area contributed by atoms with Gasteiger partial charge in [-0.3, -0.25) is 9.59 Å². The summed E-state index contributed by atoms with van der Waals surface area (Å²) in [6.07, 6.45) is -0.686. The van der Waals surface area contributed by atoms with E-state index in [2.05, 4.69) is 15.9 Å². The molecule has 0 aliphatic carbocycles. The zero-order chi connectivity index (χ0) is 21.5. The number of rotatable bonds is 4. The number of primary amides is 1. The number of hydrogen-bond donors (Lipinski definition) is 1. The van der Waals surface area contributed by atoms with E-state index < -0.39 is 12.0 Å². The maximum Gasteiger partial charge on any atom is 0.247 e. The van der Waals surface area contributed by atoms with E-state index in [1.807, 2.05) is 66.7 Å². The van der Waals surface area contributed by atoms with Crippen molar-refractivity contribution in [2.75, 3.05) is 6.61 Å². The summed E-state index contributed by atoms with van der Waals surface area (Å²) >= 11 is 3.49. The Labute approximate surface area is 186 Å². The molecule has 2 heterocycles. The molecule has 4 aromatic rings. The van der Waals surface area contributed by atoms with Gasteiger partial charge in [0.05, 0.1) is 27.9 Å². The monoisotopic (exact) mass is 474 g/mol. The number of carbonyl (C=O) groups is 1. The van der Waals surface area contributed by atoms with Crippen LogP contribution in [0, 0.1) is 5.92 Å². The van der Waals surface area contributed by atoms with Crippen LogP contribution in [-0.2, 0) is 9.53 Å². The number of nitrogens with two attached hydrogens (primary N) is 1. The number of halogens is 1. The first-order valence-electron chi connectivity index (χ1n) is 9.73. The zero-order valence-corrected chi connectivity index (χ0v) is 17.9. The van der Waals surface area contributed by atoms with Gasteiger partial charge in [0.2, 0.25) is 11.3 Å². The maximum absolute atomic E-state index is 13.5. The lowest BCUT2D eigenvalue weighted by molar-refractivity contribution is -0.135. The van der Waals surface area contributed by atoms with Crippen LogP contribution in [-0.4, -0.2) is 18.6 Å². The summed E-state index contributed by atoms with van der Waals surface area (Å²) in [4.78, 5) is 25.0. The maximum atomic E-state index is 13.5. The van der Waals surface area contributed by atoms with Gasteiger partial charge >= 0.3 is 0 Å². The molecular formula is C25H17BrNO4. The van der Waals surface area contributed by atoms with E-state index in [0.717, 1.165) is 27.1 Å². The average Bonchev–Trinajstić information content (AvgIpc) is 2.74. The van der Waals surface area contributed by atoms with Gasteiger partial charge in [-0.05, 0) is 39.2 Å². The quantitative estimate of drug-likeness (QED) is 0.464. The molecule has 0 bridgehead atoms. The molecule has 1 saturated heterocycles. The van der Waals surface area contributed by atoms with Gasteiger partial charge in [-0.2, -0.15) is 0 Å². The van der Waals surface area contributed by atoms with Gasteiger partial charge in [0, 0.05) is 5.56 Å². The van der Waals surface area contributed by atoms with E-state index in [9.17, 15) is 9.59 Å². The minimum atomic E-state index is -0.686. The highest BCUT2D eigenvalue weighted by molar-refractivity contribution is 9.10. The van der Waals surface area contributed by atoms with Crippen LogP contribution in [0.3, 0.4) is 0 Å². The highest BCUT2D eigenvalue weighted by atomic mass is 79.9. The predicted molar refractivity (Wildman–Crippen MR) is 122 cm³/mol. The molecule has 2 N–H and O–H groups in total. The minimum absolute atomic E-state index is 0.108. The highest BCUT2D eigenvalue weighted by Gasteiger charge is 2.38. The largest absolute Gasteiger partial charge is 0.454 e. The van der Waals surface area contributed by atoms with Crippen LogP contribution < -0.4 is 11.2 Å². The summed E-state index contributed by atoms with van der Waals surface area (Å²) in [5, 5.41) is 0.503. The van der Waals surface area contributed by atoms with Crippen molar-refractivity contribution in [3.63, 3.8) is 0 Å². The standard InChI is InChI=1S/C25H17BrNO4/c26-19-8-4-7-17-21(28)20(22(31-23(17)19)16-5-2-1-3-6-16)15-11-9-14(10-12-15)18-13-30-24(18)25(27)29/h1-12,24H,13H2,(H2,27,29). The SMILES string of the molecule is NC(=O)C1OC[C]1c1ccc(-c2c(-c3ccccc3)oc3c(Br)cccc3c2=O)cc1. The average molecular weight is 475 g/mol. The Hall–Kier alpha value is -3.22. The number of para-hydroxylation sites is 1. The lowest BCUT2D eigenvalue weighted by Crippen LogP contribution is -2.47. The first-order chi connectivity index (χ1) is 15.0. The van der Waals surface area contributed by atoms with E-state index in [-0.39, 0.29) is 5.43 Å². The van der Waals surface area contributed by atoms with E-state index >= 15 is 0 Å². The van der Waals surface area contributed by atoms with Crippen molar-refractivity contribution in [1.29, 1.82) is 0 Å². The van der Waals surface area contributed by atoms with Gasteiger partial charge < -0.3 is 14.9 Å². The summed E-state index contributed by atoms with van der Waals surface area (Å²) in [6, 6.07) is 22.5. The Balaban J connectivity index is 1.68. The molecule has 1 radical (unpaired) electrons. The Morgan fingerprint density at radius 3 is 2.26 bits per heavy atom. The van der Waals surface area contributed by atoms with Crippen molar-refractivity contribution in [3.05, 3.63) is 99.0 Å². The van der Waals surface area contributed by atoms with Crippen molar-refractivity contribution < 1.29 is 13.9 Å². The zero-order valence-electron chi connectivity index (χ0n) is 16.3. The molecule has 5 nitrogen and oxygen atoms in total. The summed E-state index contributed by atoms with van der Waals surface area (Å²) in [7, 11) is 0. The molecule has 0 saturated carbocycles. The fourth-order valence-electron chi connectivity index (χ4n) is 3.83.